The van der Waals surface area contributed by atoms with Gasteiger partial charge in [0, 0.05) is 12.6 Å². The Bertz CT molecular complexity index is 266. The van der Waals surface area contributed by atoms with Crippen molar-refractivity contribution in [3.63, 3.8) is 0 Å². The zero-order chi connectivity index (χ0) is 13.6. The Morgan fingerprint density at radius 1 is 1.39 bits per heavy atom. The molecular weight excluding hydrogens is 226 g/mol. The first-order chi connectivity index (χ1) is 8.45. The number of hydrogen-bond donors (Lipinski definition) is 2. The fourth-order valence-corrected chi connectivity index (χ4v) is 2.39. The normalized spacial score (nSPS) is 22.7. The zero-order valence-corrected chi connectivity index (χ0v) is 12.2. The largest absolute Gasteiger partial charge is 0.369 e. The molecule has 1 rings (SSSR count). The van der Waals surface area contributed by atoms with Gasteiger partial charge in [0.2, 0.25) is 5.91 Å². The lowest BCUT2D eigenvalue weighted by Crippen LogP contribution is -2.44. The van der Waals surface area contributed by atoms with Gasteiger partial charge < -0.3 is 16.0 Å². The van der Waals surface area contributed by atoms with Crippen LogP contribution in [0.5, 0.6) is 0 Å². The van der Waals surface area contributed by atoms with Crippen molar-refractivity contribution < 1.29 is 4.79 Å². The molecule has 1 aliphatic heterocycles. The van der Waals surface area contributed by atoms with Crippen molar-refractivity contribution in [1.82, 2.24) is 10.2 Å². The minimum absolute atomic E-state index is 0.226. The molecule has 0 aliphatic carbocycles. The quantitative estimate of drug-likeness (QED) is 0.753. The minimum atomic E-state index is -0.449. The summed E-state index contributed by atoms with van der Waals surface area (Å²) in [6.45, 7) is 10.3. The molecule has 1 heterocycles. The van der Waals surface area contributed by atoms with Crippen LogP contribution in [0.15, 0.2) is 0 Å². The standard InChI is InChI=1S/C14H29N3O/c1-4-8-17-9-5-6-12(7-10-17)16-11-14(2,3)13(15)18/h12,16H,4-11H2,1-3H3,(H2,15,18). The molecule has 1 saturated heterocycles. The van der Waals surface area contributed by atoms with E-state index in [-0.39, 0.29) is 5.91 Å². The first-order valence-electron chi connectivity index (χ1n) is 7.21. The zero-order valence-electron chi connectivity index (χ0n) is 12.2. The van der Waals surface area contributed by atoms with Gasteiger partial charge in [-0.1, -0.05) is 6.92 Å². The third-order valence-corrected chi connectivity index (χ3v) is 3.86. The Labute approximate surface area is 111 Å². The molecular formula is C14H29N3O. The second-order valence-corrected chi connectivity index (χ2v) is 6.10. The van der Waals surface area contributed by atoms with E-state index in [1.807, 2.05) is 13.8 Å². The van der Waals surface area contributed by atoms with Gasteiger partial charge in [0.1, 0.15) is 0 Å². The van der Waals surface area contributed by atoms with E-state index in [1.165, 1.54) is 45.3 Å². The lowest BCUT2D eigenvalue weighted by atomic mass is 9.92. The summed E-state index contributed by atoms with van der Waals surface area (Å²) in [5.74, 6) is -0.226. The van der Waals surface area contributed by atoms with E-state index in [2.05, 4.69) is 17.1 Å². The third kappa shape index (κ3) is 4.94. The predicted octanol–water partition coefficient (Wildman–Crippen LogP) is 1.35. The fraction of sp³-hybridized carbons (Fsp3) is 0.929. The van der Waals surface area contributed by atoms with Crippen molar-refractivity contribution in [2.75, 3.05) is 26.2 Å². The van der Waals surface area contributed by atoms with Crippen molar-refractivity contribution in [2.45, 2.75) is 52.5 Å². The summed E-state index contributed by atoms with van der Waals surface area (Å²) >= 11 is 0. The van der Waals surface area contributed by atoms with Gasteiger partial charge in [0.25, 0.3) is 0 Å². The SMILES string of the molecule is CCCN1CCCC(NCC(C)(C)C(N)=O)CC1. The summed E-state index contributed by atoms with van der Waals surface area (Å²) in [4.78, 5) is 13.8. The smallest absolute Gasteiger partial charge is 0.224 e. The van der Waals surface area contributed by atoms with Crippen LogP contribution in [0.1, 0.15) is 46.5 Å². The molecule has 0 aromatic rings. The number of primary amides is 1. The summed E-state index contributed by atoms with van der Waals surface area (Å²) in [6.07, 6.45) is 4.85. The Hall–Kier alpha value is -0.610. The Morgan fingerprint density at radius 2 is 2.11 bits per heavy atom. The van der Waals surface area contributed by atoms with E-state index < -0.39 is 5.41 Å². The summed E-state index contributed by atoms with van der Waals surface area (Å²) in [5, 5.41) is 3.52. The molecule has 0 radical (unpaired) electrons. The number of carbonyl (C=O) groups excluding carboxylic acids is 1. The van der Waals surface area contributed by atoms with E-state index in [4.69, 9.17) is 5.73 Å². The van der Waals surface area contributed by atoms with Crippen LogP contribution in [-0.2, 0) is 4.79 Å². The molecule has 1 aliphatic rings. The molecule has 4 heteroatoms. The molecule has 4 nitrogen and oxygen atoms in total. The number of nitrogens with two attached hydrogens (primary N) is 1. The molecule has 0 saturated carbocycles. The van der Waals surface area contributed by atoms with Gasteiger partial charge in [-0.05, 0) is 59.2 Å². The molecule has 1 unspecified atom stereocenters. The highest BCUT2D eigenvalue weighted by Crippen LogP contribution is 2.16. The fourth-order valence-electron chi connectivity index (χ4n) is 2.39. The number of carbonyl (C=O) groups is 1. The van der Waals surface area contributed by atoms with E-state index >= 15 is 0 Å². The molecule has 1 fully saturated rings. The minimum Gasteiger partial charge on any atom is -0.369 e. The molecule has 0 aromatic heterocycles. The maximum Gasteiger partial charge on any atom is 0.224 e. The second-order valence-electron chi connectivity index (χ2n) is 6.10. The highest BCUT2D eigenvalue weighted by molar-refractivity contribution is 5.80. The second kappa shape index (κ2) is 7.10. The molecule has 106 valence electrons. The lowest BCUT2D eigenvalue weighted by Gasteiger charge is -2.25. The lowest BCUT2D eigenvalue weighted by molar-refractivity contribution is -0.125. The maximum atomic E-state index is 11.3. The summed E-state index contributed by atoms with van der Waals surface area (Å²) in [6, 6.07) is 0.533. The molecule has 3 N–H and O–H groups in total. The molecule has 0 bridgehead atoms. The van der Waals surface area contributed by atoms with Gasteiger partial charge in [0.05, 0.1) is 5.41 Å². The van der Waals surface area contributed by atoms with Crippen molar-refractivity contribution in [3.05, 3.63) is 0 Å². The van der Waals surface area contributed by atoms with Gasteiger partial charge in [-0.3, -0.25) is 4.79 Å². The number of rotatable bonds is 6. The number of hydrogen-bond acceptors (Lipinski definition) is 3. The number of amides is 1. The Morgan fingerprint density at radius 3 is 2.72 bits per heavy atom. The van der Waals surface area contributed by atoms with Crippen LogP contribution in [0.25, 0.3) is 0 Å². The van der Waals surface area contributed by atoms with Crippen LogP contribution < -0.4 is 11.1 Å². The predicted molar refractivity (Wildman–Crippen MR) is 75.3 cm³/mol. The Kier molecular flexibility index (Phi) is 6.09. The number of nitrogens with one attached hydrogen (secondary N) is 1. The van der Waals surface area contributed by atoms with Crippen LogP contribution in [0, 0.1) is 5.41 Å². The molecule has 0 spiro atoms. The number of likely N-dealkylation sites (tertiary alicyclic amines) is 1. The van der Waals surface area contributed by atoms with E-state index in [1.54, 1.807) is 0 Å². The van der Waals surface area contributed by atoms with Gasteiger partial charge in [0.15, 0.2) is 0 Å². The monoisotopic (exact) mass is 255 g/mol. The average molecular weight is 255 g/mol. The van der Waals surface area contributed by atoms with Crippen molar-refractivity contribution >= 4 is 5.91 Å². The molecule has 1 amide bonds. The highest BCUT2D eigenvalue weighted by Gasteiger charge is 2.26. The van der Waals surface area contributed by atoms with Crippen molar-refractivity contribution in [3.8, 4) is 0 Å². The first-order valence-corrected chi connectivity index (χ1v) is 7.21. The summed E-state index contributed by atoms with van der Waals surface area (Å²) < 4.78 is 0. The summed E-state index contributed by atoms with van der Waals surface area (Å²) in [7, 11) is 0. The molecule has 18 heavy (non-hydrogen) atoms. The average Bonchev–Trinajstić information content (AvgIpc) is 2.52. The Balaban J connectivity index is 2.33. The molecule has 0 aromatic carbocycles. The van der Waals surface area contributed by atoms with Crippen molar-refractivity contribution in [2.24, 2.45) is 11.1 Å². The van der Waals surface area contributed by atoms with Crippen LogP contribution >= 0.6 is 0 Å². The van der Waals surface area contributed by atoms with E-state index in [0.29, 0.717) is 12.6 Å². The third-order valence-electron chi connectivity index (χ3n) is 3.86. The van der Waals surface area contributed by atoms with Gasteiger partial charge in [-0.25, -0.2) is 0 Å². The van der Waals surface area contributed by atoms with Crippen LogP contribution in [0.3, 0.4) is 0 Å². The van der Waals surface area contributed by atoms with Crippen molar-refractivity contribution in [1.29, 1.82) is 0 Å². The molecule has 1 atom stereocenters. The summed E-state index contributed by atoms with van der Waals surface area (Å²) in [5.41, 5.74) is 4.94. The topological polar surface area (TPSA) is 58.4 Å². The van der Waals surface area contributed by atoms with Gasteiger partial charge >= 0.3 is 0 Å². The first kappa shape index (κ1) is 15.4. The maximum absolute atomic E-state index is 11.3. The van der Waals surface area contributed by atoms with E-state index in [9.17, 15) is 4.79 Å². The van der Waals surface area contributed by atoms with Crippen LogP contribution in [0.4, 0.5) is 0 Å². The van der Waals surface area contributed by atoms with Gasteiger partial charge in [-0.2, -0.15) is 0 Å². The highest BCUT2D eigenvalue weighted by atomic mass is 16.1. The number of nitrogens with zero attached hydrogens (tertiary/aromatic N) is 1. The van der Waals surface area contributed by atoms with Gasteiger partial charge in [-0.15, -0.1) is 0 Å². The van der Waals surface area contributed by atoms with Crippen LogP contribution in [-0.4, -0.2) is 43.0 Å². The van der Waals surface area contributed by atoms with Crippen LogP contribution in [0.2, 0.25) is 0 Å². The van der Waals surface area contributed by atoms with E-state index in [0.717, 1.165) is 0 Å².